The van der Waals surface area contributed by atoms with Crippen LogP contribution >= 0.6 is 0 Å². The Bertz CT molecular complexity index is 784. The normalized spacial score (nSPS) is 13.3. The van der Waals surface area contributed by atoms with E-state index in [-0.39, 0.29) is 18.4 Å². The molecule has 2 aromatic rings. The first-order valence-electron chi connectivity index (χ1n) is 7.99. The maximum atomic E-state index is 11.8. The number of aryl methyl sites for hydroxylation is 1. The van der Waals surface area contributed by atoms with Crippen molar-refractivity contribution < 1.29 is 14.4 Å². The highest BCUT2D eigenvalue weighted by atomic mass is 16.2. The summed E-state index contributed by atoms with van der Waals surface area (Å²) in [4.78, 5) is 34.7. The fourth-order valence-corrected chi connectivity index (χ4v) is 2.38. The third-order valence-corrected chi connectivity index (χ3v) is 3.89. The van der Waals surface area contributed by atoms with Crippen LogP contribution in [-0.2, 0) is 20.8 Å². The number of rotatable bonds is 4. The van der Waals surface area contributed by atoms with Gasteiger partial charge in [-0.3, -0.25) is 25.2 Å². The minimum Gasteiger partial charge on any atom is -0.345 e. The molecular formula is C18H19N3O3. The van der Waals surface area contributed by atoms with Crippen LogP contribution in [0.3, 0.4) is 0 Å². The highest BCUT2D eigenvalue weighted by Crippen LogP contribution is 2.18. The van der Waals surface area contributed by atoms with E-state index in [2.05, 4.69) is 16.2 Å². The molecule has 1 aliphatic carbocycles. The standard InChI is InChI=1S/C18H19N3O3/c22-16(20-21-18(24)17(23)19-15-8-9-15)10-6-12-5-7-13-3-1-2-4-14(13)11-12/h1-5,7,11,15H,6,8-10H2,(H,19,23)(H,20,22)(H,21,24). The quantitative estimate of drug-likeness (QED) is 0.583. The zero-order chi connectivity index (χ0) is 16.9. The van der Waals surface area contributed by atoms with Crippen LogP contribution in [-0.4, -0.2) is 23.8 Å². The highest BCUT2D eigenvalue weighted by Gasteiger charge is 2.26. The molecule has 0 saturated heterocycles. The second kappa shape index (κ2) is 7.12. The monoisotopic (exact) mass is 325 g/mol. The largest absolute Gasteiger partial charge is 0.345 e. The summed E-state index contributed by atoms with van der Waals surface area (Å²) < 4.78 is 0. The van der Waals surface area contributed by atoms with Crippen LogP contribution in [0.2, 0.25) is 0 Å². The van der Waals surface area contributed by atoms with E-state index in [1.807, 2.05) is 42.5 Å². The van der Waals surface area contributed by atoms with Crippen LogP contribution < -0.4 is 16.2 Å². The number of hydrogen-bond donors (Lipinski definition) is 3. The van der Waals surface area contributed by atoms with Gasteiger partial charge < -0.3 is 5.32 Å². The molecule has 24 heavy (non-hydrogen) atoms. The van der Waals surface area contributed by atoms with E-state index < -0.39 is 11.8 Å². The van der Waals surface area contributed by atoms with Gasteiger partial charge in [0.05, 0.1) is 0 Å². The Morgan fingerprint density at radius 1 is 0.917 bits per heavy atom. The Labute approximate surface area is 139 Å². The Morgan fingerprint density at radius 2 is 1.67 bits per heavy atom. The van der Waals surface area contributed by atoms with Crippen LogP contribution in [0.1, 0.15) is 24.8 Å². The van der Waals surface area contributed by atoms with Gasteiger partial charge in [-0.2, -0.15) is 0 Å². The summed E-state index contributed by atoms with van der Waals surface area (Å²) in [7, 11) is 0. The molecule has 0 spiro atoms. The molecule has 0 aromatic heterocycles. The molecule has 3 rings (SSSR count). The summed E-state index contributed by atoms with van der Waals surface area (Å²) in [5, 5.41) is 4.83. The lowest BCUT2D eigenvalue weighted by Gasteiger charge is -2.08. The fraction of sp³-hybridized carbons (Fsp3) is 0.278. The van der Waals surface area contributed by atoms with Crippen LogP contribution in [0.25, 0.3) is 10.8 Å². The Balaban J connectivity index is 1.44. The van der Waals surface area contributed by atoms with Crippen LogP contribution in [0.5, 0.6) is 0 Å². The zero-order valence-corrected chi connectivity index (χ0v) is 13.2. The third-order valence-electron chi connectivity index (χ3n) is 3.89. The Morgan fingerprint density at radius 3 is 2.42 bits per heavy atom. The number of amides is 3. The molecule has 6 heteroatoms. The predicted octanol–water partition coefficient (Wildman–Crippen LogP) is 1.20. The van der Waals surface area contributed by atoms with Gasteiger partial charge in [0.2, 0.25) is 5.91 Å². The molecule has 1 saturated carbocycles. The first-order chi connectivity index (χ1) is 11.6. The van der Waals surface area contributed by atoms with Crippen molar-refractivity contribution in [3.8, 4) is 0 Å². The van der Waals surface area contributed by atoms with Gasteiger partial charge in [-0.05, 0) is 35.6 Å². The second-order valence-corrected chi connectivity index (χ2v) is 5.93. The molecule has 1 aliphatic rings. The summed E-state index contributed by atoms with van der Waals surface area (Å²) in [5.74, 6) is -1.90. The minimum atomic E-state index is -0.846. The number of fused-ring (bicyclic) bond motifs is 1. The van der Waals surface area contributed by atoms with Gasteiger partial charge in [0.15, 0.2) is 0 Å². The maximum absolute atomic E-state index is 11.8. The lowest BCUT2D eigenvalue weighted by Crippen LogP contribution is -2.49. The zero-order valence-electron chi connectivity index (χ0n) is 13.2. The van der Waals surface area contributed by atoms with Gasteiger partial charge in [-0.25, -0.2) is 0 Å². The van der Waals surface area contributed by atoms with Gasteiger partial charge in [0.1, 0.15) is 0 Å². The van der Waals surface area contributed by atoms with Crippen molar-refractivity contribution in [2.75, 3.05) is 0 Å². The first kappa shape index (κ1) is 16.0. The second-order valence-electron chi connectivity index (χ2n) is 5.93. The summed E-state index contributed by atoms with van der Waals surface area (Å²) in [5.41, 5.74) is 5.44. The van der Waals surface area contributed by atoms with E-state index in [0.717, 1.165) is 29.2 Å². The summed E-state index contributed by atoms with van der Waals surface area (Å²) >= 11 is 0. The van der Waals surface area contributed by atoms with Crippen molar-refractivity contribution in [2.24, 2.45) is 0 Å². The average Bonchev–Trinajstić information content (AvgIpc) is 3.41. The van der Waals surface area contributed by atoms with E-state index in [9.17, 15) is 14.4 Å². The third kappa shape index (κ3) is 4.32. The van der Waals surface area contributed by atoms with Crippen molar-refractivity contribution in [2.45, 2.75) is 31.7 Å². The van der Waals surface area contributed by atoms with Crippen LogP contribution in [0.15, 0.2) is 42.5 Å². The highest BCUT2D eigenvalue weighted by molar-refractivity contribution is 6.35. The van der Waals surface area contributed by atoms with Crippen molar-refractivity contribution >= 4 is 28.5 Å². The van der Waals surface area contributed by atoms with E-state index >= 15 is 0 Å². The van der Waals surface area contributed by atoms with Gasteiger partial charge in [0, 0.05) is 12.5 Å². The minimum absolute atomic E-state index is 0.104. The van der Waals surface area contributed by atoms with Gasteiger partial charge in [0.25, 0.3) is 0 Å². The average molecular weight is 325 g/mol. The number of benzene rings is 2. The van der Waals surface area contributed by atoms with E-state index in [4.69, 9.17) is 0 Å². The van der Waals surface area contributed by atoms with Crippen molar-refractivity contribution in [1.29, 1.82) is 0 Å². The molecule has 1 fully saturated rings. The topological polar surface area (TPSA) is 87.3 Å². The molecule has 0 bridgehead atoms. The Kier molecular flexibility index (Phi) is 4.74. The molecule has 2 aromatic carbocycles. The lowest BCUT2D eigenvalue weighted by molar-refractivity contribution is -0.141. The molecule has 0 aliphatic heterocycles. The van der Waals surface area contributed by atoms with Crippen LogP contribution in [0, 0.1) is 0 Å². The molecule has 6 nitrogen and oxygen atoms in total. The smallest absolute Gasteiger partial charge is 0.327 e. The molecule has 0 unspecified atom stereocenters. The molecule has 3 N–H and O–H groups in total. The number of carbonyl (C=O) groups is 3. The van der Waals surface area contributed by atoms with E-state index in [1.54, 1.807) is 0 Å². The first-order valence-corrected chi connectivity index (χ1v) is 7.99. The maximum Gasteiger partial charge on any atom is 0.327 e. The van der Waals surface area contributed by atoms with E-state index in [0.29, 0.717) is 6.42 Å². The number of hydrazine groups is 1. The van der Waals surface area contributed by atoms with Crippen LogP contribution in [0.4, 0.5) is 0 Å². The SMILES string of the molecule is O=C(CCc1ccc2ccccc2c1)NNC(=O)C(=O)NC1CC1. The predicted molar refractivity (Wildman–Crippen MR) is 89.7 cm³/mol. The summed E-state index contributed by atoms with van der Waals surface area (Å²) in [6.07, 6.45) is 2.58. The summed E-state index contributed by atoms with van der Waals surface area (Å²) in [6.45, 7) is 0. The molecule has 0 radical (unpaired) electrons. The number of hydrogen-bond acceptors (Lipinski definition) is 3. The van der Waals surface area contributed by atoms with Gasteiger partial charge in [-0.1, -0.05) is 42.5 Å². The van der Waals surface area contributed by atoms with Crippen molar-refractivity contribution in [3.63, 3.8) is 0 Å². The van der Waals surface area contributed by atoms with E-state index in [1.165, 1.54) is 0 Å². The summed E-state index contributed by atoms with van der Waals surface area (Å²) in [6, 6.07) is 14.2. The lowest BCUT2D eigenvalue weighted by atomic mass is 10.0. The fourth-order valence-electron chi connectivity index (χ4n) is 2.38. The van der Waals surface area contributed by atoms with Crippen molar-refractivity contribution in [3.05, 3.63) is 48.0 Å². The molecular weight excluding hydrogens is 306 g/mol. The molecule has 3 amide bonds. The Hall–Kier alpha value is -2.89. The van der Waals surface area contributed by atoms with Gasteiger partial charge >= 0.3 is 11.8 Å². The molecule has 0 heterocycles. The molecule has 0 atom stereocenters. The number of nitrogens with one attached hydrogen (secondary N) is 3. The number of carbonyl (C=O) groups excluding carboxylic acids is 3. The molecule has 124 valence electrons. The van der Waals surface area contributed by atoms with Gasteiger partial charge in [-0.15, -0.1) is 0 Å². The van der Waals surface area contributed by atoms with Crippen molar-refractivity contribution in [1.82, 2.24) is 16.2 Å².